The summed E-state index contributed by atoms with van der Waals surface area (Å²) in [5.41, 5.74) is 2.56. The van der Waals surface area contributed by atoms with E-state index in [0.717, 1.165) is 19.5 Å². The van der Waals surface area contributed by atoms with Gasteiger partial charge in [0.1, 0.15) is 0 Å². The molecule has 1 aliphatic rings. The smallest absolute Gasteiger partial charge is 0.0827 e. The molecule has 0 aliphatic carbocycles. The van der Waals surface area contributed by atoms with Gasteiger partial charge in [0.2, 0.25) is 0 Å². The lowest BCUT2D eigenvalue weighted by Crippen LogP contribution is -2.24. The van der Waals surface area contributed by atoms with Gasteiger partial charge in [-0.15, -0.1) is 0 Å². The van der Waals surface area contributed by atoms with Gasteiger partial charge in [-0.1, -0.05) is 0 Å². The Kier molecular flexibility index (Phi) is 4.86. The van der Waals surface area contributed by atoms with Gasteiger partial charge in [-0.25, -0.2) is 0 Å². The largest absolute Gasteiger partial charge is 0.504 e. The van der Waals surface area contributed by atoms with E-state index in [9.17, 15) is 0 Å². The molecule has 0 bridgehead atoms. The van der Waals surface area contributed by atoms with Crippen molar-refractivity contribution in [2.75, 3.05) is 27.3 Å². The van der Waals surface area contributed by atoms with Crippen LogP contribution >= 0.6 is 0 Å². The first kappa shape index (κ1) is 10.9. The molecular formula is C11H17NO2. The number of nitrogens with one attached hydrogen (secondary N) is 1. The third-order valence-corrected chi connectivity index (χ3v) is 2.11. The summed E-state index contributed by atoms with van der Waals surface area (Å²) in [4.78, 5) is 0. The Morgan fingerprint density at radius 2 is 1.71 bits per heavy atom. The van der Waals surface area contributed by atoms with Crippen LogP contribution in [0.25, 0.3) is 0 Å². The van der Waals surface area contributed by atoms with Crippen LogP contribution in [0.4, 0.5) is 0 Å². The summed E-state index contributed by atoms with van der Waals surface area (Å²) in [5, 5.41) is 3.31. The highest BCUT2D eigenvalue weighted by atomic mass is 16.5. The third-order valence-electron chi connectivity index (χ3n) is 2.11. The lowest BCUT2D eigenvalue weighted by molar-refractivity contribution is 0.336. The molecule has 1 rings (SSSR count). The van der Waals surface area contributed by atoms with Gasteiger partial charge in [-0.3, -0.25) is 0 Å². The molecule has 3 heteroatoms. The number of ether oxygens (including phenoxy) is 2. The topological polar surface area (TPSA) is 30.5 Å². The van der Waals surface area contributed by atoms with Crippen LogP contribution in [0.2, 0.25) is 0 Å². The van der Waals surface area contributed by atoms with E-state index in [-0.39, 0.29) is 0 Å². The number of hydrogen-bond acceptors (Lipinski definition) is 3. The maximum atomic E-state index is 4.91. The minimum absolute atomic E-state index is 0.892. The molecule has 0 spiro atoms. The first-order valence-corrected chi connectivity index (χ1v) is 4.70. The highest BCUT2D eigenvalue weighted by Gasteiger charge is 2.07. The highest BCUT2D eigenvalue weighted by molar-refractivity contribution is 5.35. The first-order valence-electron chi connectivity index (χ1n) is 4.70. The van der Waals surface area contributed by atoms with Crippen molar-refractivity contribution in [2.45, 2.75) is 6.42 Å². The van der Waals surface area contributed by atoms with Crippen LogP contribution in [0, 0.1) is 0 Å². The van der Waals surface area contributed by atoms with Crippen molar-refractivity contribution >= 4 is 0 Å². The molecule has 1 N–H and O–H groups in total. The molecule has 1 heterocycles. The molecule has 0 fully saturated rings. The molecular weight excluding hydrogens is 178 g/mol. The average Bonchev–Trinajstić information content (AvgIpc) is 2.24. The van der Waals surface area contributed by atoms with E-state index in [1.807, 2.05) is 12.2 Å². The van der Waals surface area contributed by atoms with Crippen LogP contribution in [-0.2, 0) is 9.47 Å². The van der Waals surface area contributed by atoms with Crippen LogP contribution in [0.1, 0.15) is 6.42 Å². The fourth-order valence-corrected chi connectivity index (χ4v) is 1.38. The maximum Gasteiger partial charge on any atom is 0.0827 e. The minimum Gasteiger partial charge on any atom is -0.504 e. The first-order chi connectivity index (χ1) is 6.88. The minimum atomic E-state index is 0.892. The summed E-state index contributed by atoms with van der Waals surface area (Å²) < 4.78 is 9.81. The fraction of sp³-hybridized carbons (Fsp3) is 0.455. The molecule has 0 saturated carbocycles. The Hall–Kier alpha value is -1.22. The lowest BCUT2D eigenvalue weighted by atomic mass is 10.0. The lowest BCUT2D eigenvalue weighted by Gasteiger charge is -2.16. The Labute approximate surface area is 85.1 Å². The zero-order chi connectivity index (χ0) is 10.2. The zero-order valence-electron chi connectivity index (χ0n) is 8.75. The van der Waals surface area contributed by atoms with Crippen molar-refractivity contribution in [1.82, 2.24) is 5.32 Å². The molecule has 0 atom stereocenters. The second kappa shape index (κ2) is 6.27. The summed E-state index contributed by atoms with van der Waals surface area (Å²) >= 11 is 0. The summed E-state index contributed by atoms with van der Waals surface area (Å²) in [5.74, 6) is 0. The number of methoxy groups -OCH3 is 2. The van der Waals surface area contributed by atoms with E-state index in [1.165, 1.54) is 11.1 Å². The molecule has 0 unspecified atom stereocenters. The van der Waals surface area contributed by atoms with E-state index >= 15 is 0 Å². The molecule has 0 radical (unpaired) electrons. The summed E-state index contributed by atoms with van der Waals surface area (Å²) in [6.07, 6.45) is 8.44. The molecule has 78 valence electrons. The molecule has 1 aliphatic heterocycles. The number of allylic oxidation sites excluding steroid dienone is 1. The van der Waals surface area contributed by atoms with Gasteiger partial charge in [0.25, 0.3) is 0 Å². The van der Waals surface area contributed by atoms with Crippen molar-refractivity contribution in [3.8, 4) is 0 Å². The molecule has 0 aromatic rings. The van der Waals surface area contributed by atoms with Crippen molar-refractivity contribution in [2.24, 2.45) is 0 Å². The van der Waals surface area contributed by atoms with Gasteiger partial charge >= 0.3 is 0 Å². The maximum absolute atomic E-state index is 4.91. The van der Waals surface area contributed by atoms with Crippen molar-refractivity contribution in [3.05, 3.63) is 35.8 Å². The van der Waals surface area contributed by atoms with Gasteiger partial charge in [0, 0.05) is 6.54 Å². The SMILES string of the molecule is CO/C=C/C1=C(/C=C/OC)CNCC1. The Morgan fingerprint density at radius 3 is 2.36 bits per heavy atom. The molecule has 0 saturated heterocycles. The van der Waals surface area contributed by atoms with Crippen molar-refractivity contribution in [3.63, 3.8) is 0 Å². The zero-order valence-corrected chi connectivity index (χ0v) is 8.75. The molecule has 3 nitrogen and oxygen atoms in total. The van der Waals surface area contributed by atoms with Crippen LogP contribution < -0.4 is 5.32 Å². The van der Waals surface area contributed by atoms with Crippen LogP contribution in [-0.4, -0.2) is 27.3 Å². The molecule has 0 aromatic carbocycles. The Morgan fingerprint density at radius 1 is 1.07 bits per heavy atom. The second-order valence-electron chi connectivity index (χ2n) is 3.05. The van der Waals surface area contributed by atoms with E-state index in [1.54, 1.807) is 26.7 Å². The predicted molar refractivity (Wildman–Crippen MR) is 56.8 cm³/mol. The van der Waals surface area contributed by atoms with Crippen molar-refractivity contribution in [1.29, 1.82) is 0 Å². The van der Waals surface area contributed by atoms with Crippen LogP contribution in [0.15, 0.2) is 35.8 Å². The van der Waals surface area contributed by atoms with Crippen molar-refractivity contribution < 1.29 is 9.47 Å². The van der Waals surface area contributed by atoms with Crippen LogP contribution in [0.3, 0.4) is 0 Å². The number of rotatable bonds is 4. The van der Waals surface area contributed by atoms with E-state index in [2.05, 4.69) is 5.32 Å². The average molecular weight is 195 g/mol. The molecule has 0 aromatic heterocycles. The van der Waals surface area contributed by atoms with Gasteiger partial charge in [0.05, 0.1) is 26.7 Å². The van der Waals surface area contributed by atoms with Crippen LogP contribution in [0.5, 0.6) is 0 Å². The van der Waals surface area contributed by atoms with E-state index in [0.29, 0.717) is 0 Å². The fourth-order valence-electron chi connectivity index (χ4n) is 1.38. The van der Waals surface area contributed by atoms with E-state index < -0.39 is 0 Å². The predicted octanol–water partition coefficient (Wildman–Crippen LogP) is 1.60. The molecule has 0 amide bonds. The van der Waals surface area contributed by atoms with Gasteiger partial charge < -0.3 is 14.8 Å². The highest BCUT2D eigenvalue weighted by Crippen LogP contribution is 2.15. The van der Waals surface area contributed by atoms with Gasteiger partial charge in [-0.05, 0) is 36.3 Å². The molecule has 14 heavy (non-hydrogen) atoms. The normalized spacial score (nSPS) is 18.1. The Bertz CT molecular complexity index is 228. The standard InChI is InChI=1S/C11H17NO2/c1-13-7-4-10-3-6-12-9-11(10)5-8-14-2/h4-5,7-8,12H,3,6,9H2,1-2H3/b7-4+,8-5+. The number of hydrogen-bond donors (Lipinski definition) is 1. The Balaban J connectivity index is 2.74. The quantitative estimate of drug-likeness (QED) is 0.691. The summed E-state index contributed by atoms with van der Waals surface area (Å²) in [6.45, 7) is 1.91. The van der Waals surface area contributed by atoms with Gasteiger partial charge in [0.15, 0.2) is 0 Å². The summed E-state index contributed by atoms with van der Waals surface area (Å²) in [7, 11) is 3.31. The third kappa shape index (κ3) is 3.26. The summed E-state index contributed by atoms with van der Waals surface area (Å²) in [6, 6.07) is 0. The van der Waals surface area contributed by atoms with Gasteiger partial charge in [-0.2, -0.15) is 0 Å². The monoisotopic (exact) mass is 195 g/mol. The second-order valence-corrected chi connectivity index (χ2v) is 3.05. The van der Waals surface area contributed by atoms with E-state index in [4.69, 9.17) is 9.47 Å².